The predicted molar refractivity (Wildman–Crippen MR) is 83.0 cm³/mol. The molecule has 0 aliphatic heterocycles. The molecule has 1 amide bonds. The number of anilines is 1. The number of hydrogen-bond donors (Lipinski definition) is 1. The number of hydrogen-bond acceptors (Lipinski definition) is 2. The number of benzene rings is 2. The fourth-order valence-corrected chi connectivity index (χ4v) is 2.49. The summed E-state index contributed by atoms with van der Waals surface area (Å²) in [5, 5.41) is 3.40. The molecule has 0 radical (unpaired) electrons. The molecule has 0 spiro atoms. The number of carbonyl (C=O) groups excluding carboxylic acids is 1. The normalized spacial score (nSPS) is 10.8. The molecule has 2 aromatic carbocycles. The largest absolute Gasteiger partial charge is 0.451 e. The van der Waals surface area contributed by atoms with Crippen molar-refractivity contribution in [2.24, 2.45) is 0 Å². The molecule has 5 heteroatoms. The van der Waals surface area contributed by atoms with E-state index in [0.29, 0.717) is 10.1 Å². The van der Waals surface area contributed by atoms with Crippen LogP contribution in [-0.2, 0) is 0 Å². The molecule has 0 saturated heterocycles. The van der Waals surface area contributed by atoms with E-state index in [2.05, 4.69) is 21.2 Å². The lowest BCUT2D eigenvalue weighted by atomic mass is 10.1. The van der Waals surface area contributed by atoms with Gasteiger partial charge < -0.3 is 9.73 Å². The van der Waals surface area contributed by atoms with E-state index in [4.69, 9.17) is 4.42 Å². The molecule has 0 unspecified atom stereocenters. The summed E-state index contributed by atoms with van der Waals surface area (Å²) in [5.41, 5.74) is 1.49. The molecule has 3 rings (SSSR count). The van der Waals surface area contributed by atoms with Gasteiger partial charge in [0, 0.05) is 15.4 Å². The summed E-state index contributed by atoms with van der Waals surface area (Å²) in [7, 11) is 0. The number of para-hydroxylation sites is 1. The van der Waals surface area contributed by atoms with Crippen molar-refractivity contribution in [2.45, 2.75) is 6.92 Å². The van der Waals surface area contributed by atoms with Gasteiger partial charge in [-0.1, -0.05) is 34.1 Å². The van der Waals surface area contributed by atoms with Crippen LogP contribution in [0.5, 0.6) is 0 Å². The van der Waals surface area contributed by atoms with Crippen LogP contribution in [0.15, 0.2) is 51.4 Å². The first-order valence-electron chi connectivity index (χ1n) is 6.31. The standard InChI is InChI=1S/C16H11BrFNO2/c1-9-11-4-2-3-5-14(11)21-15(9)16(20)19-13-7-6-10(17)8-12(13)18/h2-8H,1H3,(H,19,20). The third-order valence-corrected chi connectivity index (χ3v) is 3.72. The van der Waals surface area contributed by atoms with Gasteiger partial charge >= 0.3 is 0 Å². The Morgan fingerprint density at radius 1 is 1.24 bits per heavy atom. The highest BCUT2D eigenvalue weighted by Gasteiger charge is 2.18. The van der Waals surface area contributed by atoms with Crippen LogP contribution in [0.1, 0.15) is 16.1 Å². The third kappa shape index (κ3) is 2.56. The maximum absolute atomic E-state index is 13.8. The van der Waals surface area contributed by atoms with E-state index in [1.54, 1.807) is 19.1 Å². The van der Waals surface area contributed by atoms with Crippen LogP contribution in [0.25, 0.3) is 11.0 Å². The molecule has 0 aliphatic carbocycles. The average Bonchev–Trinajstić information content (AvgIpc) is 2.80. The molecule has 3 nitrogen and oxygen atoms in total. The molecular formula is C16H11BrFNO2. The molecule has 1 N–H and O–H groups in total. The fourth-order valence-electron chi connectivity index (χ4n) is 2.16. The molecule has 0 fully saturated rings. The molecule has 1 aromatic heterocycles. The Morgan fingerprint density at radius 2 is 2.00 bits per heavy atom. The topological polar surface area (TPSA) is 42.2 Å². The number of fused-ring (bicyclic) bond motifs is 1. The first-order valence-corrected chi connectivity index (χ1v) is 7.10. The maximum atomic E-state index is 13.8. The molecule has 0 aliphatic rings. The summed E-state index contributed by atoms with van der Waals surface area (Å²) in [6.45, 7) is 1.80. The number of aryl methyl sites for hydroxylation is 1. The zero-order valence-electron chi connectivity index (χ0n) is 11.1. The lowest BCUT2D eigenvalue weighted by molar-refractivity contribution is 0.0997. The van der Waals surface area contributed by atoms with Gasteiger partial charge in [-0.15, -0.1) is 0 Å². The van der Waals surface area contributed by atoms with Gasteiger partial charge in [0.25, 0.3) is 5.91 Å². The van der Waals surface area contributed by atoms with Crippen molar-refractivity contribution in [3.8, 4) is 0 Å². The summed E-state index contributed by atoms with van der Waals surface area (Å²) >= 11 is 3.17. The van der Waals surface area contributed by atoms with Crippen LogP contribution in [0.4, 0.5) is 10.1 Å². The zero-order chi connectivity index (χ0) is 15.0. The maximum Gasteiger partial charge on any atom is 0.291 e. The molecule has 0 bridgehead atoms. The molecule has 0 saturated carbocycles. The van der Waals surface area contributed by atoms with E-state index in [1.807, 2.05) is 18.2 Å². The Balaban J connectivity index is 1.95. The van der Waals surface area contributed by atoms with Gasteiger partial charge in [-0.05, 0) is 31.2 Å². The van der Waals surface area contributed by atoms with Gasteiger partial charge in [-0.25, -0.2) is 4.39 Å². The average molecular weight is 348 g/mol. The van der Waals surface area contributed by atoms with Crippen molar-refractivity contribution >= 4 is 38.5 Å². The van der Waals surface area contributed by atoms with Gasteiger partial charge in [0.2, 0.25) is 0 Å². The van der Waals surface area contributed by atoms with Crippen LogP contribution in [0.3, 0.4) is 0 Å². The van der Waals surface area contributed by atoms with E-state index in [0.717, 1.165) is 10.9 Å². The number of halogens is 2. The number of amides is 1. The van der Waals surface area contributed by atoms with Crippen molar-refractivity contribution in [1.82, 2.24) is 0 Å². The Kier molecular flexibility index (Phi) is 3.51. The van der Waals surface area contributed by atoms with E-state index in [-0.39, 0.29) is 11.4 Å². The highest BCUT2D eigenvalue weighted by Crippen LogP contribution is 2.26. The molecule has 0 atom stereocenters. The molecule has 106 valence electrons. The number of carbonyl (C=O) groups is 1. The van der Waals surface area contributed by atoms with Crippen LogP contribution in [0.2, 0.25) is 0 Å². The monoisotopic (exact) mass is 347 g/mol. The molecule has 3 aromatic rings. The van der Waals surface area contributed by atoms with E-state index >= 15 is 0 Å². The Hall–Kier alpha value is -2.14. The molecule has 21 heavy (non-hydrogen) atoms. The first kappa shape index (κ1) is 13.8. The number of furan rings is 1. The Bertz CT molecular complexity index is 841. The second kappa shape index (κ2) is 5.33. The van der Waals surface area contributed by atoms with Gasteiger partial charge in [-0.3, -0.25) is 4.79 Å². The van der Waals surface area contributed by atoms with Crippen molar-refractivity contribution in [3.63, 3.8) is 0 Å². The fraction of sp³-hybridized carbons (Fsp3) is 0.0625. The highest BCUT2D eigenvalue weighted by molar-refractivity contribution is 9.10. The van der Waals surface area contributed by atoms with Crippen LogP contribution < -0.4 is 5.32 Å². The smallest absolute Gasteiger partial charge is 0.291 e. The van der Waals surface area contributed by atoms with Crippen molar-refractivity contribution < 1.29 is 13.6 Å². The number of rotatable bonds is 2. The Labute approximate surface area is 128 Å². The molecular weight excluding hydrogens is 337 g/mol. The lowest BCUT2D eigenvalue weighted by Gasteiger charge is -2.05. The summed E-state index contributed by atoms with van der Waals surface area (Å²) in [6.07, 6.45) is 0. The third-order valence-electron chi connectivity index (χ3n) is 3.23. The predicted octanol–water partition coefficient (Wildman–Crippen LogP) is 4.90. The van der Waals surface area contributed by atoms with Crippen LogP contribution in [-0.4, -0.2) is 5.91 Å². The van der Waals surface area contributed by atoms with Gasteiger partial charge in [0.05, 0.1) is 5.69 Å². The van der Waals surface area contributed by atoms with E-state index in [9.17, 15) is 9.18 Å². The van der Waals surface area contributed by atoms with Gasteiger partial charge in [0.15, 0.2) is 5.76 Å². The Morgan fingerprint density at radius 3 is 2.71 bits per heavy atom. The highest BCUT2D eigenvalue weighted by atomic mass is 79.9. The summed E-state index contributed by atoms with van der Waals surface area (Å²) in [5.74, 6) is -0.782. The van der Waals surface area contributed by atoms with Crippen LogP contribution in [0, 0.1) is 12.7 Å². The summed E-state index contributed by atoms with van der Waals surface area (Å²) in [6, 6.07) is 11.8. The molecule has 1 heterocycles. The minimum absolute atomic E-state index is 0.114. The van der Waals surface area contributed by atoms with Crippen molar-refractivity contribution in [1.29, 1.82) is 0 Å². The summed E-state index contributed by atoms with van der Waals surface area (Å²) < 4.78 is 19.9. The summed E-state index contributed by atoms with van der Waals surface area (Å²) in [4.78, 5) is 12.3. The minimum atomic E-state index is -0.508. The van der Waals surface area contributed by atoms with E-state index < -0.39 is 11.7 Å². The van der Waals surface area contributed by atoms with Crippen molar-refractivity contribution in [2.75, 3.05) is 5.32 Å². The lowest BCUT2D eigenvalue weighted by Crippen LogP contribution is -2.13. The van der Waals surface area contributed by atoms with Crippen LogP contribution >= 0.6 is 15.9 Å². The second-order valence-corrected chi connectivity index (χ2v) is 5.55. The van der Waals surface area contributed by atoms with Crippen molar-refractivity contribution in [3.05, 3.63) is 64.1 Å². The van der Waals surface area contributed by atoms with Gasteiger partial charge in [-0.2, -0.15) is 0 Å². The number of nitrogens with one attached hydrogen (secondary N) is 1. The second-order valence-electron chi connectivity index (χ2n) is 4.63. The zero-order valence-corrected chi connectivity index (χ0v) is 12.7. The quantitative estimate of drug-likeness (QED) is 0.716. The minimum Gasteiger partial charge on any atom is -0.451 e. The van der Waals surface area contributed by atoms with E-state index in [1.165, 1.54) is 12.1 Å². The first-order chi connectivity index (χ1) is 10.1. The SMILES string of the molecule is Cc1c(C(=O)Nc2ccc(Br)cc2F)oc2ccccc12. The van der Waals surface area contributed by atoms with Gasteiger partial charge in [0.1, 0.15) is 11.4 Å².